The quantitative estimate of drug-likeness (QED) is 0.648. The molecule has 3 N–H and O–H groups in total. The molecule has 25 heavy (non-hydrogen) atoms. The van der Waals surface area contributed by atoms with Crippen molar-refractivity contribution < 1.29 is 9.47 Å². The van der Waals surface area contributed by atoms with E-state index in [1.54, 1.807) is 10.9 Å². The number of hydrogen-bond acceptors (Lipinski definition) is 6. The maximum absolute atomic E-state index is 6.33. The Hall–Kier alpha value is -2.87. The van der Waals surface area contributed by atoms with E-state index in [9.17, 15) is 0 Å². The van der Waals surface area contributed by atoms with E-state index in [1.807, 2.05) is 44.3 Å². The van der Waals surface area contributed by atoms with Crippen molar-refractivity contribution in [3.63, 3.8) is 0 Å². The number of H-pyrrole nitrogens is 1. The molecule has 3 rings (SSSR count). The van der Waals surface area contributed by atoms with Crippen LogP contribution in [-0.2, 0) is 6.54 Å². The van der Waals surface area contributed by atoms with Crippen LogP contribution < -0.4 is 15.2 Å². The molecule has 0 radical (unpaired) electrons. The Morgan fingerprint density at radius 3 is 2.72 bits per heavy atom. The van der Waals surface area contributed by atoms with Crippen LogP contribution in [0.4, 0.5) is 0 Å². The first-order valence-corrected chi connectivity index (χ1v) is 8.25. The molecule has 8 heteroatoms. The van der Waals surface area contributed by atoms with E-state index in [-0.39, 0.29) is 0 Å². The number of rotatable bonds is 8. The molecule has 132 valence electrons. The number of hydrogen-bond donors (Lipinski definition) is 2. The largest absolute Gasteiger partial charge is 0.490 e. The smallest absolute Gasteiger partial charge is 0.171 e. The van der Waals surface area contributed by atoms with Crippen LogP contribution in [0.25, 0.3) is 0 Å². The van der Waals surface area contributed by atoms with Gasteiger partial charge in [-0.1, -0.05) is 6.07 Å². The van der Waals surface area contributed by atoms with Gasteiger partial charge in [-0.05, 0) is 37.6 Å². The highest BCUT2D eigenvalue weighted by Crippen LogP contribution is 2.31. The summed E-state index contributed by atoms with van der Waals surface area (Å²) in [5.41, 5.74) is 7.19. The Bertz CT molecular complexity index is 799. The van der Waals surface area contributed by atoms with Gasteiger partial charge in [0.05, 0.1) is 19.3 Å². The average Bonchev–Trinajstić information content (AvgIpc) is 3.29. The van der Waals surface area contributed by atoms with Crippen LogP contribution in [0.2, 0.25) is 0 Å². The molecule has 1 atom stereocenters. The lowest BCUT2D eigenvalue weighted by Crippen LogP contribution is -2.14. The molecule has 0 aliphatic carbocycles. The Morgan fingerprint density at radius 1 is 1.20 bits per heavy atom. The Balaban J connectivity index is 1.79. The van der Waals surface area contributed by atoms with E-state index in [0.717, 1.165) is 5.56 Å². The Labute approximate surface area is 146 Å². The highest BCUT2D eigenvalue weighted by atomic mass is 16.5. The van der Waals surface area contributed by atoms with Gasteiger partial charge >= 0.3 is 0 Å². The van der Waals surface area contributed by atoms with E-state index >= 15 is 0 Å². The lowest BCUT2D eigenvalue weighted by Gasteiger charge is -2.14. The minimum atomic E-state index is -0.461. The third-order valence-electron chi connectivity index (χ3n) is 3.62. The zero-order valence-corrected chi connectivity index (χ0v) is 14.3. The van der Waals surface area contributed by atoms with E-state index in [1.165, 1.54) is 0 Å². The fraction of sp³-hybridized carbons (Fsp3) is 0.353. The molecule has 2 heterocycles. The first-order valence-electron chi connectivity index (χ1n) is 8.25. The van der Waals surface area contributed by atoms with Gasteiger partial charge in [-0.25, -0.2) is 4.98 Å². The van der Waals surface area contributed by atoms with Crippen LogP contribution in [0.5, 0.6) is 11.5 Å². The summed E-state index contributed by atoms with van der Waals surface area (Å²) in [5, 5.41) is 11.3. The zero-order valence-electron chi connectivity index (χ0n) is 14.3. The molecule has 2 aromatic heterocycles. The summed E-state index contributed by atoms with van der Waals surface area (Å²) < 4.78 is 13.0. The van der Waals surface area contributed by atoms with Crippen LogP contribution in [0.3, 0.4) is 0 Å². The minimum Gasteiger partial charge on any atom is -0.490 e. The lowest BCUT2D eigenvalue weighted by atomic mass is 10.1. The first kappa shape index (κ1) is 17.0. The summed E-state index contributed by atoms with van der Waals surface area (Å²) in [6, 6.07) is 7.04. The number of nitrogens with zero attached hydrogens (tertiary/aromatic N) is 4. The molecule has 0 aliphatic heterocycles. The van der Waals surface area contributed by atoms with Gasteiger partial charge < -0.3 is 15.2 Å². The average molecular weight is 342 g/mol. The monoisotopic (exact) mass is 342 g/mol. The molecule has 0 saturated carbocycles. The summed E-state index contributed by atoms with van der Waals surface area (Å²) in [6.45, 7) is 5.50. The van der Waals surface area contributed by atoms with Crippen LogP contribution in [-0.4, -0.2) is 38.2 Å². The van der Waals surface area contributed by atoms with Gasteiger partial charge in [0.2, 0.25) is 0 Å². The van der Waals surface area contributed by atoms with Crippen molar-refractivity contribution in [2.75, 3.05) is 13.2 Å². The first-order chi connectivity index (χ1) is 12.2. The fourth-order valence-corrected chi connectivity index (χ4v) is 2.48. The molecule has 0 amide bonds. The normalized spacial score (nSPS) is 12.1. The third kappa shape index (κ3) is 3.97. The van der Waals surface area contributed by atoms with Crippen molar-refractivity contribution in [3.05, 3.63) is 53.9 Å². The van der Waals surface area contributed by atoms with Gasteiger partial charge in [-0.15, -0.1) is 0 Å². The molecule has 0 saturated heterocycles. The number of ether oxygens (including phenoxy) is 2. The second kappa shape index (κ2) is 7.80. The fourth-order valence-electron chi connectivity index (χ4n) is 2.48. The van der Waals surface area contributed by atoms with Crippen molar-refractivity contribution >= 4 is 0 Å². The molecule has 8 nitrogen and oxygen atoms in total. The number of aromatic nitrogens is 5. The topological polar surface area (TPSA) is 104 Å². The molecular weight excluding hydrogens is 320 g/mol. The minimum absolute atomic E-state index is 0.461. The van der Waals surface area contributed by atoms with Gasteiger partial charge in [0, 0.05) is 12.4 Å². The lowest BCUT2D eigenvalue weighted by molar-refractivity contribution is 0.287. The second-order valence-corrected chi connectivity index (χ2v) is 5.39. The number of nitrogens with one attached hydrogen (secondary N) is 1. The van der Waals surface area contributed by atoms with E-state index in [0.29, 0.717) is 42.9 Å². The maximum atomic E-state index is 6.33. The number of benzene rings is 1. The molecular formula is C17H22N6O2. The van der Waals surface area contributed by atoms with Crippen molar-refractivity contribution in [2.45, 2.75) is 26.4 Å². The van der Waals surface area contributed by atoms with Crippen molar-refractivity contribution in [1.82, 2.24) is 25.0 Å². The highest BCUT2D eigenvalue weighted by molar-refractivity contribution is 5.44. The SMILES string of the molecule is CCOc1ccc([C@H](N)c2n[nH]c(Cn3cccn3)n2)cc1OCC. The van der Waals surface area contributed by atoms with Crippen LogP contribution in [0, 0.1) is 0 Å². The zero-order chi connectivity index (χ0) is 17.6. The van der Waals surface area contributed by atoms with Gasteiger partial charge in [0.15, 0.2) is 17.3 Å². The standard InChI is InChI=1S/C17H22N6O2/c1-3-24-13-7-6-12(10-14(13)25-4-2)16(18)17-20-15(21-22-17)11-23-9-5-8-19-23/h5-10,16H,3-4,11,18H2,1-2H3,(H,20,21,22)/t16-/m0/s1. The van der Waals surface area contributed by atoms with Crippen LogP contribution >= 0.6 is 0 Å². The summed E-state index contributed by atoms with van der Waals surface area (Å²) in [6.07, 6.45) is 3.58. The van der Waals surface area contributed by atoms with E-state index < -0.39 is 6.04 Å². The predicted octanol–water partition coefficient (Wildman–Crippen LogP) is 1.89. The molecule has 0 spiro atoms. The molecule has 0 unspecified atom stereocenters. The van der Waals surface area contributed by atoms with Gasteiger partial charge in [0.1, 0.15) is 12.4 Å². The van der Waals surface area contributed by atoms with Crippen LogP contribution in [0.15, 0.2) is 36.7 Å². The van der Waals surface area contributed by atoms with E-state index in [2.05, 4.69) is 20.3 Å². The van der Waals surface area contributed by atoms with E-state index in [4.69, 9.17) is 15.2 Å². The summed E-state index contributed by atoms with van der Waals surface area (Å²) in [7, 11) is 0. The van der Waals surface area contributed by atoms with Gasteiger partial charge in [-0.2, -0.15) is 10.2 Å². The second-order valence-electron chi connectivity index (χ2n) is 5.39. The highest BCUT2D eigenvalue weighted by Gasteiger charge is 2.17. The van der Waals surface area contributed by atoms with Crippen molar-refractivity contribution in [3.8, 4) is 11.5 Å². The maximum Gasteiger partial charge on any atom is 0.171 e. The van der Waals surface area contributed by atoms with Gasteiger partial charge in [0.25, 0.3) is 0 Å². The Kier molecular flexibility index (Phi) is 5.30. The number of nitrogens with two attached hydrogens (primary N) is 1. The molecule has 0 aliphatic rings. The molecule has 0 bridgehead atoms. The third-order valence-corrected chi connectivity index (χ3v) is 3.62. The number of aromatic amines is 1. The predicted molar refractivity (Wildman–Crippen MR) is 92.5 cm³/mol. The van der Waals surface area contributed by atoms with Crippen LogP contribution in [0.1, 0.15) is 37.1 Å². The van der Waals surface area contributed by atoms with Crippen molar-refractivity contribution in [2.24, 2.45) is 5.73 Å². The molecule has 0 fully saturated rings. The summed E-state index contributed by atoms with van der Waals surface area (Å²) in [5.74, 6) is 2.60. The van der Waals surface area contributed by atoms with Gasteiger partial charge in [-0.3, -0.25) is 9.78 Å². The summed E-state index contributed by atoms with van der Waals surface area (Å²) in [4.78, 5) is 4.47. The molecule has 3 aromatic rings. The summed E-state index contributed by atoms with van der Waals surface area (Å²) >= 11 is 0. The molecule has 1 aromatic carbocycles. The van der Waals surface area contributed by atoms with Crippen molar-refractivity contribution in [1.29, 1.82) is 0 Å². The Morgan fingerprint density at radius 2 is 2.00 bits per heavy atom.